The molecule has 1 saturated carbocycles. The van der Waals surface area contributed by atoms with Gasteiger partial charge in [0.15, 0.2) is 5.84 Å². The average Bonchev–Trinajstić information content (AvgIpc) is 2.79. The number of oxime groups is 1. The van der Waals surface area contributed by atoms with Crippen molar-refractivity contribution in [2.45, 2.75) is 77.2 Å². The van der Waals surface area contributed by atoms with E-state index in [-0.39, 0.29) is 11.7 Å². The van der Waals surface area contributed by atoms with E-state index in [2.05, 4.69) is 12.1 Å². The molecule has 1 saturated heterocycles. The number of nitrogens with two attached hydrogens (primary N) is 1. The van der Waals surface area contributed by atoms with E-state index in [4.69, 9.17) is 5.73 Å². The van der Waals surface area contributed by atoms with Crippen molar-refractivity contribution in [2.24, 2.45) is 16.3 Å². The number of nitrogens with zero attached hydrogens (tertiary/aromatic N) is 2. The predicted octanol–water partition coefficient (Wildman–Crippen LogP) is 2.86. The zero-order chi connectivity index (χ0) is 15.3. The molecule has 5 heteroatoms. The number of amides is 1. The Labute approximate surface area is 127 Å². The van der Waals surface area contributed by atoms with Gasteiger partial charge in [-0.25, -0.2) is 0 Å². The summed E-state index contributed by atoms with van der Waals surface area (Å²) in [4.78, 5) is 15.3. The van der Waals surface area contributed by atoms with Crippen LogP contribution in [0.25, 0.3) is 0 Å². The standard InChI is InChI=1S/C16H29N3O2/c1-2-13-9-5-3-8-12-19(13)15(20)16(14(17)18-21)10-6-4-7-11-16/h13,21H,2-12H2,1H3,(H2,17,18). The number of carbonyl (C=O) groups excluding carboxylic acids is 1. The molecule has 2 fully saturated rings. The topological polar surface area (TPSA) is 78.9 Å². The van der Waals surface area contributed by atoms with Crippen LogP contribution in [0.15, 0.2) is 5.16 Å². The molecule has 120 valence electrons. The first kappa shape index (κ1) is 16.1. The summed E-state index contributed by atoms with van der Waals surface area (Å²) in [7, 11) is 0. The highest BCUT2D eigenvalue weighted by Crippen LogP contribution is 2.39. The number of rotatable bonds is 3. The maximum Gasteiger partial charge on any atom is 0.236 e. The number of hydrogen-bond acceptors (Lipinski definition) is 3. The highest BCUT2D eigenvalue weighted by Gasteiger charge is 2.47. The summed E-state index contributed by atoms with van der Waals surface area (Å²) in [6.45, 7) is 2.96. The minimum atomic E-state index is -0.759. The third kappa shape index (κ3) is 3.16. The molecule has 0 aromatic rings. The van der Waals surface area contributed by atoms with E-state index < -0.39 is 5.41 Å². The first-order chi connectivity index (χ1) is 10.2. The Morgan fingerprint density at radius 3 is 2.52 bits per heavy atom. The third-order valence-electron chi connectivity index (χ3n) is 5.32. The van der Waals surface area contributed by atoms with E-state index in [9.17, 15) is 10.0 Å². The predicted molar refractivity (Wildman–Crippen MR) is 83.2 cm³/mol. The lowest BCUT2D eigenvalue weighted by Crippen LogP contribution is -2.54. The van der Waals surface area contributed by atoms with E-state index in [0.29, 0.717) is 18.9 Å². The van der Waals surface area contributed by atoms with Crippen LogP contribution in [-0.4, -0.2) is 34.4 Å². The van der Waals surface area contributed by atoms with Gasteiger partial charge < -0.3 is 15.8 Å². The molecular weight excluding hydrogens is 266 g/mol. The quantitative estimate of drug-likeness (QED) is 0.364. The molecule has 1 heterocycles. The van der Waals surface area contributed by atoms with Crippen LogP contribution >= 0.6 is 0 Å². The first-order valence-electron chi connectivity index (χ1n) is 8.45. The molecule has 0 radical (unpaired) electrons. The molecule has 2 aliphatic rings. The van der Waals surface area contributed by atoms with Crippen LogP contribution in [0.1, 0.15) is 71.1 Å². The summed E-state index contributed by atoms with van der Waals surface area (Å²) in [5, 5.41) is 12.4. The molecule has 2 rings (SSSR count). The number of hydrogen-bond donors (Lipinski definition) is 2. The second-order valence-corrected chi connectivity index (χ2v) is 6.54. The van der Waals surface area contributed by atoms with Gasteiger partial charge in [0.25, 0.3) is 0 Å². The maximum absolute atomic E-state index is 13.3. The van der Waals surface area contributed by atoms with Crippen molar-refractivity contribution in [3.63, 3.8) is 0 Å². The molecule has 0 aromatic carbocycles. The van der Waals surface area contributed by atoms with Crippen molar-refractivity contribution in [3.8, 4) is 0 Å². The molecule has 1 unspecified atom stereocenters. The number of carbonyl (C=O) groups is 1. The largest absolute Gasteiger partial charge is 0.409 e. The average molecular weight is 295 g/mol. The molecule has 0 spiro atoms. The monoisotopic (exact) mass is 295 g/mol. The molecule has 1 amide bonds. The van der Waals surface area contributed by atoms with E-state index in [1.54, 1.807) is 0 Å². The SMILES string of the molecule is CCC1CCCCCN1C(=O)C1(C(N)=NO)CCCCC1. The van der Waals surface area contributed by atoms with Crippen LogP contribution in [-0.2, 0) is 4.79 Å². The van der Waals surface area contributed by atoms with Crippen molar-refractivity contribution in [3.05, 3.63) is 0 Å². The Bertz CT molecular complexity index is 389. The maximum atomic E-state index is 13.3. The van der Waals surface area contributed by atoms with Crippen LogP contribution < -0.4 is 5.73 Å². The van der Waals surface area contributed by atoms with Gasteiger partial charge in [-0.2, -0.15) is 0 Å². The minimum absolute atomic E-state index is 0.103. The zero-order valence-corrected chi connectivity index (χ0v) is 13.2. The number of amidine groups is 1. The Kier molecular flexibility index (Phi) is 5.48. The fourth-order valence-corrected chi connectivity index (χ4v) is 3.97. The van der Waals surface area contributed by atoms with E-state index in [0.717, 1.165) is 45.1 Å². The van der Waals surface area contributed by atoms with E-state index >= 15 is 0 Å². The molecule has 1 atom stereocenters. The van der Waals surface area contributed by atoms with Gasteiger partial charge in [0.2, 0.25) is 5.91 Å². The van der Waals surface area contributed by atoms with Crippen molar-refractivity contribution < 1.29 is 10.0 Å². The summed E-state index contributed by atoms with van der Waals surface area (Å²) in [6.07, 6.45) is 10.0. The summed E-state index contributed by atoms with van der Waals surface area (Å²) in [5.41, 5.74) is 5.21. The summed E-state index contributed by atoms with van der Waals surface area (Å²) in [6, 6.07) is 0.310. The molecule has 3 N–H and O–H groups in total. The van der Waals surface area contributed by atoms with Gasteiger partial charge in [0, 0.05) is 12.6 Å². The van der Waals surface area contributed by atoms with Gasteiger partial charge in [0.1, 0.15) is 5.41 Å². The normalized spacial score (nSPS) is 27.2. The van der Waals surface area contributed by atoms with Crippen LogP contribution in [0.2, 0.25) is 0 Å². The smallest absolute Gasteiger partial charge is 0.236 e. The van der Waals surface area contributed by atoms with Crippen molar-refractivity contribution in [1.82, 2.24) is 4.90 Å². The van der Waals surface area contributed by atoms with Gasteiger partial charge in [0.05, 0.1) is 0 Å². The molecule has 1 aliphatic carbocycles. The highest BCUT2D eigenvalue weighted by molar-refractivity contribution is 6.06. The molecule has 0 aromatic heterocycles. The van der Waals surface area contributed by atoms with Crippen LogP contribution in [0.3, 0.4) is 0 Å². The lowest BCUT2D eigenvalue weighted by Gasteiger charge is -2.41. The van der Waals surface area contributed by atoms with E-state index in [1.807, 2.05) is 4.90 Å². The Hall–Kier alpha value is -1.26. The fourth-order valence-electron chi connectivity index (χ4n) is 3.97. The van der Waals surface area contributed by atoms with Gasteiger partial charge in [-0.05, 0) is 32.1 Å². The van der Waals surface area contributed by atoms with Gasteiger partial charge in [-0.15, -0.1) is 0 Å². The van der Waals surface area contributed by atoms with Gasteiger partial charge in [-0.1, -0.05) is 44.2 Å². The zero-order valence-electron chi connectivity index (χ0n) is 13.2. The molecular formula is C16H29N3O2. The number of likely N-dealkylation sites (tertiary alicyclic amines) is 1. The lowest BCUT2D eigenvalue weighted by molar-refractivity contribution is -0.142. The Balaban J connectivity index is 2.27. The molecule has 21 heavy (non-hydrogen) atoms. The first-order valence-corrected chi connectivity index (χ1v) is 8.45. The third-order valence-corrected chi connectivity index (χ3v) is 5.32. The summed E-state index contributed by atoms with van der Waals surface area (Å²) < 4.78 is 0. The minimum Gasteiger partial charge on any atom is -0.409 e. The highest BCUT2D eigenvalue weighted by atomic mass is 16.4. The Morgan fingerprint density at radius 1 is 1.24 bits per heavy atom. The van der Waals surface area contributed by atoms with Crippen LogP contribution in [0.4, 0.5) is 0 Å². The second kappa shape index (κ2) is 7.14. The van der Waals surface area contributed by atoms with Crippen LogP contribution in [0, 0.1) is 5.41 Å². The molecule has 0 bridgehead atoms. The van der Waals surface area contributed by atoms with Gasteiger partial charge in [-0.3, -0.25) is 4.79 Å². The van der Waals surface area contributed by atoms with Gasteiger partial charge >= 0.3 is 0 Å². The van der Waals surface area contributed by atoms with Crippen molar-refractivity contribution in [1.29, 1.82) is 0 Å². The van der Waals surface area contributed by atoms with E-state index in [1.165, 1.54) is 12.8 Å². The van der Waals surface area contributed by atoms with Crippen molar-refractivity contribution in [2.75, 3.05) is 6.54 Å². The summed E-state index contributed by atoms with van der Waals surface area (Å²) >= 11 is 0. The Morgan fingerprint density at radius 2 is 1.90 bits per heavy atom. The van der Waals surface area contributed by atoms with Crippen LogP contribution in [0.5, 0.6) is 0 Å². The second-order valence-electron chi connectivity index (χ2n) is 6.54. The molecule has 5 nitrogen and oxygen atoms in total. The molecule has 1 aliphatic heterocycles. The fraction of sp³-hybridized carbons (Fsp3) is 0.875. The summed E-state index contributed by atoms with van der Waals surface area (Å²) in [5.74, 6) is 0.220. The van der Waals surface area contributed by atoms with Crippen molar-refractivity contribution >= 4 is 11.7 Å². The lowest BCUT2D eigenvalue weighted by atomic mass is 9.71.